The van der Waals surface area contributed by atoms with Crippen molar-refractivity contribution >= 4 is 17.6 Å². The van der Waals surface area contributed by atoms with Crippen molar-refractivity contribution in [1.82, 2.24) is 5.32 Å². The molecule has 0 aromatic rings. The van der Waals surface area contributed by atoms with Gasteiger partial charge < -0.3 is 10.1 Å². The van der Waals surface area contributed by atoms with E-state index in [2.05, 4.69) is 10.1 Å². The molecule has 1 atom stereocenters. The lowest BCUT2D eigenvalue weighted by molar-refractivity contribution is -0.140. The van der Waals surface area contributed by atoms with Crippen molar-refractivity contribution in [2.75, 3.05) is 13.7 Å². The Labute approximate surface area is 96.5 Å². The number of rotatable bonds is 4. The number of methoxy groups -OCH3 is 1. The molecular weight excluding hydrogens is 214 g/mol. The smallest absolute Gasteiger partial charge is 0.325 e. The standard InChI is InChI=1S/C11H20ClNO2/c1-15-11(14)10(12)8-13-9-6-4-2-3-5-7-9/h9-10,13H,2-8H2,1H3. The van der Waals surface area contributed by atoms with Crippen LogP contribution in [0.3, 0.4) is 0 Å². The van der Waals surface area contributed by atoms with Gasteiger partial charge in [0.1, 0.15) is 5.38 Å². The average molecular weight is 234 g/mol. The number of esters is 1. The van der Waals surface area contributed by atoms with Crippen LogP contribution < -0.4 is 5.32 Å². The largest absolute Gasteiger partial charge is 0.468 e. The molecule has 1 unspecified atom stereocenters. The third-order valence-electron chi connectivity index (χ3n) is 2.90. The maximum atomic E-state index is 11.1. The van der Waals surface area contributed by atoms with Gasteiger partial charge in [0.05, 0.1) is 7.11 Å². The molecule has 15 heavy (non-hydrogen) atoms. The van der Waals surface area contributed by atoms with Gasteiger partial charge in [0.2, 0.25) is 0 Å². The third-order valence-corrected chi connectivity index (χ3v) is 3.23. The summed E-state index contributed by atoms with van der Waals surface area (Å²) in [6, 6.07) is 0.526. The minimum Gasteiger partial charge on any atom is -0.468 e. The second-order valence-electron chi connectivity index (χ2n) is 4.09. The number of alkyl halides is 1. The van der Waals surface area contributed by atoms with Crippen LogP contribution in [0.2, 0.25) is 0 Å². The molecule has 88 valence electrons. The van der Waals surface area contributed by atoms with Crippen LogP contribution in [0, 0.1) is 0 Å². The van der Waals surface area contributed by atoms with Crippen LogP contribution in [0.5, 0.6) is 0 Å². The monoisotopic (exact) mass is 233 g/mol. The Morgan fingerprint density at radius 2 is 2.00 bits per heavy atom. The summed E-state index contributed by atoms with van der Waals surface area (Å²) in [5, 5.41) is 2.79. The van der Waals surface area contributed by atoms with Gasteiger partial charge in [-0.15, -0.1) is 11.6 Å². The van der Waals surface area contributed by atoms with Gasteiger partial charge in [0.25, 0.3) is 0 Å². The van der Waals surface area contributed by atoms with Crippen LogP contribution in [0.15, 0.2) is 0 Å². The van der Waals surface area contributed by atoms with Gasteiger partial charge in [-0.2, -0.15) is 0 Å². The number of hydrogen-bond donors (Lipinski definition) is 1. The first-order valence-electron chi connectivity index (χ1n) is 5.69. The van der Waals surface area contributed by atoms with Gasteiger partial charge in [0, 0.05) is 12.6 Å². The van der Waals surface area contributed by atoms with Crippen molar-refractivity contribution in [2.24, 2.45) is 0 Å². The van der Waals surface area contributed by atoms with E-state index in [0.717, 1.165) is 0 Å². The first-order chi connectivity index (χ1) is 7.24. The minimum atomic E-state index is -0.557. The lowest BCUT2D eigenvalue weighted by Crippen LogP contribution is -2.36. The van der Waals surface area contributed by atoms with Gasteiger partial charge in [-0.05, 0) is 12.8 Å². The Balaban J connectivity index is 2.19. The zero-order chi connectivity index (χ0) is 11.1. The predicted molar refractivity (Wildman–Crippen MR) is 61.1 cm³/mol. The fraction of sp³-hybridized carbons (Fsp3) is 0.909. The van der Waals surface area contributed by atoms with Gasteiger partial charge >= 0.3 is 5.97 Å². The van der Waals surface area contributed by atoms with Crippen LogP contribution in [0.25, 0.3) is 0 Å². The van der Waals surface area contributed by atoms with Crippen LogP contribution >= 0.6 is 11.6 Å². The fourth-order valence-electron chi connectivity index (χ4n) is 1.96. The highest BCUT2D eigenvalue weighted by Gasteiger charge is 2.18. The van der Waals surface area contributed by atoms with Crippen molar-refractivity contribution in [3.63, 3.8) is 0 Å². The minimum absolute atomic E-state index is 0.349. The van der Waals surface area contributed by atoms with E-state index >= 15 is 0 Å². The highest BCUT2D eigenvalue weighted by molar-refractivity contribution is 6.30. The van der Waals surface area contributed by atoms with Crippen molar-refractivity contribution in [1.29, 1.82) is 0 Å². The first kappa shape index (κ1) is 12.8. The lowest BCUT2D eigenvalue weighted by atomic mass is 10.1. The molecule has 1 aliphatic rings. The van der Waals surface area contributed by atoms with E-state index in [-0.39, 0.29) is 5.97 Å². The summed E-state index contributed by atoms with van der Waals surface area (Å²) in [5.41, 5.74) is 0. The Morgan fingerprint density at radius 3 is 2.53 bits per heavy atom. The van der Waals surface area contributed by atoms with Crippen LogP contribution in [-0.2, 0) is 9.53 Å². The molecular formula is C11H20ClNO2. The highest BCUT2D eigenvalue weighted by Crippen LogP contribution is 2.17. The molecule has 0 bridgehead atoms. The summed E-state index contributed by atoms with van der Waals surface area (Å²) in [4.78, 5) is 11.1. The molecule has 0 aromatic carbocycles. The topological polar surface area (TPSA) is 38.3 Å². The molecule has 0 aliphatic heterocycles. The zero-order valence-corrected chi connectivity index (χ0v) is 10.1. The summed E-state index contributed by atoms with van der Waals surface area (Å²) in [6.45, 7) is 0.513. The van der Waals surface area contributed by atoms with Crippen LogP contribution in [0.4, 0.5) is 0 Å². The molecule has 0 aromatic heterocycles. The van der Waals surface area contributed by atoms with Gasteiger partial charge in [0.15, 0.2) is 0 Å². The van der Waals surface area contributed by atoms with Gasteiger partial charge in [-0.3, -0.25) is 4.79 Å². The lowest BCUT2D eigenvalue weighted by Gasteiger charge is -2.17. The molecule has 1 saturated carbocycles. The van der Waals surface area contributed by atoms with Gasteiger partial charge in [-0.25, -0.2) is 0 Å². The van der Waals surface area contributed by atoms with E-state index in [1.165, 1.54) is 45.6 Å². The summed E-state index contributed by atoms with van der Waals surface area (Å²) < 4.78 is 4.57. The Morgan fingerprint density at radius 1 is 1.40 bits per heavy atom. The number of nitrogens with one attached hydrogen (secondary N) is 1. The van der Waals surface area contributed by atoms with Crippen LogP contribution in [-0.4, -0.2) is 31.0 Å². The number of ether oxygens (including phenoxy) is 1. The molecule has 0 saturated heterocycles. The average Bonchev–Trinajstić information content (AvgIpc) is 2.53. The van der Waals surface area contributed by atoms with E-state index < -0.39 is 5.38 Å². The Kier molecular flexibility index (Phi) is 6.03. The zero-order valence-electron chi connectivity index (χ0n) is 9.30. The van der Waals surface area contributed by atoms with Gasteiger partial charge in [-0.1, -0.05) is 25.7 Å². The van der Waals surface area contributed by atoms with E-state index in [0.29, 0.717) is 12.6 Å². The fourth-order valence-corrected chi connectivity index (χ4v) is 2.14. The second-order valence-corrected chi connectivity index (χ2v) is 4.61. The summed E-state index contributed by atoms with van der Waals surface area (Å²) in [5.74, 6) is -0.349. The number of carbonyl (C=O) groups excluding carboxylic acids is 1. The van der Waals surface area contributed by atoms with Crippen LogP contribution in [0.1, 0.15) is 38.5 Å². The molecule has 3 nitrogen and oxygen atoms in total. The van der Waals surface area contributed by atoms with E-state index in [1.54, 1.807) is 0 Å². The normalized spacial score (nSPS) is 20.7. The SMILES string of the molecule is COC(=O)C(Cl)CNC1CCCCCC1. The molecule has 4 heteroatoms. The number of carbonyl (C=O) groups is 1. The molecule has 0 heterocycles. The second kappa shape index (κ2) is 7.07. The molecule has 0 amide bonds. The van der Waals surface area contributed by atoms with Crippen molar-refractivity contribution in [2.45, 2.75) is 49.9 Å². The Bertz CT molecular complexity index is 191. The quantitative estimate of drug-likeness (QED) is 0.459. The summed E-state index contributed by atoms with van der Waals surface area (Å²) in [6.07, 6.45) is 7.63. The number of halogens is 1. The Hall–Kier alpha value is -0.280. The summed E-state index contributed by atoms with van der Waals surface area (Å²) in [7, 11) is 1.36. The molecule has 1 aliphatic carbocycles. The third kappa shape index (κ3) is 4.85. The van der Waals surface area contributed by atoms with Crippen molar-refractivity contribution < 1.29 is 9.53 Å². The van der Waals surface area contributed by atoms with Crippen molar-refractivity contribution in [3.8, 4) is 0 Å². The number of hydrogen-bond acceptors (Lipinski definition) is 3. The van der Waals surface area contributed by atoms with E-state index in [1.807, 2.05) is 0 Å². The maximum Gasteiger partial charge on any atom is 0.325 e. The van der Waals surface area contributed by atoms with E-state index in [4.69, 9.17) is 11.6 Å². The molecule has 0 spiro atoms. The molecule has 0 radical (unpaired) electrons. The summed E-state index contributed by atoms with van der Waals surface area (Å²) >= 11 is 5.85. The molecule has 1 N–H and O–H groups in total. The molecule has 1 fully saturated rings. The predicted octanol–water partition coefficient (Wildman–Crippen LogP) is 2.08. The first-order valence-corrected chi connectivity index (χ1v) is 6.13. The maximum absolute atomic E-state index is 11.1. The highest BCUT2D eigenvalue weighted by atomic mass is 35.5. The van der Waals surface area contributed by atoms with Crippen molar-refractivity contribution in [3.05, 3.63) is 0 Å². The molecule has 1 rings (SSSR count). The van der Waals surface area contributed by atoms with E-state index in [9.17, 15) is 4.79 Å².